The van der Waals surface area contributed by atoms with Crippen LogP contribution in [0.4, 0.5) is 21.1 Å². The number of nitrogens with zero attached hydrogens (tertiary/aromatic N) is 10. The maximum absolute atomic E-state index is 13.9. The van der Waals surface area contributed by atoms with Crippen LogP contribution in [0.25, 0.3) is 11.0 Å². The zero-order valence-electron chi connectivity index (χ0n) is 49.8. The van der Waals surface area contributed by atoms with E-state index < -0.39 is 60.2 Å². The van der Waals surface area contributed by atoms with Crippen molar-refractivity contribution in [3.63, 3.8) is 0 Å². The second kappa shape index (κ2) is 31.2. The van der Waals surface area contributed by atoms with E-state index >= 15 is 0 Å². The number of carbonyl (C=O) groups is 10. The fourth-order valence-corrected chi connectivity index (χ4v) is 10.8. The maximum atomic E-state index is 13.9. The molecule has 1 aromatic carbocycles. The number of benzene rings is 1. The van der Waals surface area contributed by atoms with Crippen molar-refractivity contribution in [3.05, 3.63) is 60.6 Å². The number of nitrogens with two attached hydrogens (primary N) is 1. The first-order chi connectivity index (χ1) is 41.7. The Morgan fingerprint density at radius 1 is 0.851 bits per heavy atom. The molecule has 6 heterocycles. The summed E-state index contributed by atoms with van der Waals surface area (Å²) in [6.45, 7) is 9.60. The summed E-state index contributed by atoms with van der Waals surface area (Å²) in [5.74, 6) is -3.61. The van der Waals surface area contributed by atoms with Crippen LogP contribution >= 0.6 is 0 Å². The SMILES string of the molecule is CC(C)[C@H](NC(=O)[C@@H]1CCCN1C(=O)[C@H](CC(N)=O)NC(=O)CCOCCOCCOCCOCCN1C(=O)C=CC1=O)C(=O)Nc1ccc(COC(=O)N(C)CCN(C)C(=O)n2ccc3c(N4CC[C@]5(C4)[C@@H](C)CN5C(=O)CC#N)ncnc32)cc1. The molecular formula is C58H78N14O15. The number of carbonyl (C=O) groups excluding carboxylic acids is 10. The predicted molar refractivity (Wildman–Crippen MR) is 311 cm³/mol. The fraction of sp³-hybridized carbons (Fsp3) is 0.569. The topological polar surface area (TPSA) is 353 Å². The Labute approximate surface area is 503 Å². The van der Waals surface area contributed by atoms with E-state index in [0.717, 1.165) is 11.3 Å². The number of imide groups is 1. The van der Waals surface area contributed by atoms with Gasteiger partial charge in [-0.1, -0.05) is 32.9 Å². The molecule has 0 unspecified atom stereocenters. The second-order valence-corrected chi connectivity index (χ2v) is 22.1. The van der Waals surface area contributed by atoms with E-state index in [-0.39, 0.29) is 146 Å². The number of nitriles is 1. The third-order valence-corrected chi connectivity index (χ3v) is 15.8. The highest BCUT2D eigenvalue weighted by Crippen LogP contribution is 2.45. The Morgan fingerprint density at radius 3 is 2.15 bits per heavy atom. The van der Waals surface area contributed by atoms with Gasteiger partial charge in [-0.25, -0.2) is 19.6 Å². The smallest absolute Gasteiger partial charge is 0.409 e. The minimum absolute atomic E-state index is 0.0168. The molecule has 0 radical (unpaired) electrons. The molecule has 0 aliphatic carbocycles. The van der Waals surface area contributed by atoms with Gasteiger partial charge in [0.2, 0.25) is 35.4 Å². The van der Waals surface area contributed by atoms with Gasteiger partial charge in [0.1, 0.15) is 43.3 Å². The van der Waals surface area contributed by atoms with E-state index in [4.69, 9.17) is 34.7 Å². The molecule has 87 heavy (non-hydrogen) atoms. The summed E-state index contributed by atoms with van der Waals surface area (Å²) in [5.41, 5.74) is 6.52. The van der Waals surface area contributed by atoms with Gasteiger partial charge in [0.25, 0.3) is 11.8 Å². The molecule has 3 aromatic rings. The molecule has 7 rings (SSSR count). The molecule has 5 atom stereocenters. The molecule has 2 aromatic heterocycles. The summed E-state index contributed by atoms with van der Waals surface area (Å²) in [6, 6.07) is 6.57. The summed E-state index contributed by atoms with van der Waals surface area (Å²) in [7, 11) is 3.16. The molecule has 4 aliphatic heterocycles. The molecule has 470 valence electrons. The lowest BCUT2D eigenvalue weighted by Gasteiger charge is -2.55. The standard InChI is InChI=1S/C58H78N14O15/c1-38(2)50(65-53(78)44-7-6-19-69(44)55(80)43(33-45(60)73)64-46(74)16-25-83-27-29-85-31-32-86-30-28-84-26-24-70-47(75)12-13-48(70)76)54(79)63-41-10-8-40(9-11-41)35-87-57(82)67(5)23-22-66(4)56(81)71-20-15-42-51(61-37-62-52(42)71)68-21-17-58(36-68)39(3)34-72(58)49(77)14-18-59/h8-13,15,20,37-39,43-44,50H,6-7,14,16-17,19,21-36H2,1-5H3,(H2,60,73)(H,63,79)(H,64,74)(H,65,78)/t39-,43-,44-,50-,58-/m0/s1. The number of amides is 10. The van der Waals surface area contributed by atoms with Crippen LogP contribution in [0.15, 0.2) is 55.0 Å². The van der Waals surface area contributed by atoms with Crippen molar-refractivity contribution in [1.82, 2.24) is 49.7 Å². The van der Waals surface area contributed by atoms with Crippen molar-refractivity contribution < 1.29 is 71.6 Å². The number of aromatic nitrogens is 3. The lowest BCUT2D eigenvalue weighted by molar-refractivity contribution is -0.152. The van der Waals surface area contributed by atoms with Crippen molar-refractivity contribution in [3.8, 4) is 6.07 Å². The number of hydrogen-bond acceptors (Lipinski definition) is 19. The van der Waals surface area contributed by atoms with E-state index in [9.17, 15) is 47.9 Å². The summed E-state index contributed by atoms with van der Waals surface area (Å²) in [5, 5.41) is 18.0. The van der Waals surface area contributed by atoms with Gasteiger partial charge in [0.15, 0.2) is 5.65 Å². The third-order valence-electron chi connectivity index (χ3n) is 15.8. The third kappa shape index (κ3) is 17.1. The summed E-state index contributed by atoms with van der Waals surface area (Å²) in [4.78, 5) is 147. The molecule has 3 saturated heterocycles. The van der Waals surface area contributed by atoms with Crippen LogP contribution in [0, 0.1) is 23.2 Å². The van der Waals surface area contributed by atoms with Crippen LogP contribution in [0.1, 0.15) is 64.9 Å². The van der Waals surface area contributed by atoms with Gasteiger partial charge in [-0.05, 0) is 54.9 Å². The normalized spacial score (nSPS) is 18.6. The van der Waals surface area contributed by atoms with Gasteiger partial charge in [0.05, 0.1) is 82.8 Å². The highest BCUT2D eigenvalue weighted by molar-refractivity contribution is 6.13. The highest BCUT2D eigenvalue weighted by Gasteiger charge is 2.56. The van der Waals surface area contributed by atoms with Crippen molar-refractivity contribution in [2.45, 2.75) is 89.6 Å². The Balaban J connectivity index is 0.787. The highest BCUT2D eigenvalue weighted by atomic mass is 16.6. The second-order valence-electron chi connectivity index (χ2n) is 22.1. The fourth-order valence-electron chi connectivity index (χ4n) is 10.8. The first-order valence-corrected chi connectivity index (χ1v) is 29.0. The number of likely N-dealkylation sites (tertiary alicyclic amines) is 2. The molecule has 5 N–H and O–H groups in total. The molecular weight excluding hydrogens is 1130 g/mol. The van der Waals surface area contributed by atoms with Crippen LogP contribution < -0.4 is 26.6 Å². The molecule has 29 heteroatoms. The van der Waals surface area contributed by atoms with Crippen LogP contribution in [0.5, 0.6) is 0 Å². The molecule has 0 saturated carbocycles. The number of nitrogens with one attached hydrogen (secondary N) is 3. The Morgan fingerprint density at radius 2 is 1.51 bits per heavy atom. The van der Waals surface area contributed by atoms with Gasteiger partial charge in [-0.15, -0.1) is 0 Å². The lowest BCUT2D eigenvalue weighted by Crippen LogP contribution is -2.69. The van der Waals surface area contributed by atoms with Crippen molar-refractivity contribution >= 4 is 81.9 Å². The van der Waals surface area contributed by atoms with Gasteiger partial charge in [0, 0.05) is 83.8 Å². The van der Waals surface area contributed by atoms with Gasteiger partial charge < -0.3 is 69.9 Å². The monoisotopic (exact) mass is 1210 g/mol. The summed E-state index contributed by atoms with van der Waals surface area (Å²) in [6.07, 6.45) is 5.45. The molecule has 0 bridgehead atoms. The Kier molecular flexibility index (Phi) is 23.6. The predicted octanol–water partition coefficient (Wildman–Crippen LogP) is 0.753. The zero-order chi connectivity index (χ0) is 62.8. The minimum atomic E-state index is -1.35. The Hall–Kier alpha value is -8.59. The molecule has 3 fully saturated rings. The summed E-state index contributed by atoms with van der Waals surface area (Å²) >= 11 is 0. The maximum Gasteiger partial charge on any atom is 0.409 e. The summed E-state index contributed by atoms with van der Waals surface area (Å²) < 4.78 is 28.7. The van der Waals surface area contributed by atoms with Crippen LogP contribution in [-0.2, 0) is 68.6 Å². The van der Waals surface area contributed by atoms with Crippen LogP contribution in [0.3, 0.4) is 0 Å². The van der Waals surface area contributed by atoms with Crippen molar-refractivity contribution in [2.24, 2.45) is 17.6 Å². The van der Waals surface area contributed by atoms with Crippen molar-refractivity contribution in [2.75, 3.05) is 123 Å². The lowest BCUT2D eigenvalue weighted by atomic mass is 9.74. The number of primary amides is 1. The van der Waals surface area contributed by atoms with Crippen LogP contribution in [0.2, 0.25) is 0 Å². The average molecular weight is 1210 g/mol. The van der Waals surface area contributed by atoms with Gasteiger partial charge in [-0.2, -0.15) is 5.26 Å². The van der Waals surface area contributed by atoms with Gasteiger partial charge in [-0.3, -0.25) is 47.8 Å². The largest absolute Gasteiger partial charge is 0.445 e. The van der Waals surface area contributed by atoms with Gasteiger partial charge >= 0.3 is 12.1 Å². The number of anilines is 2. The minimum Gasteiger partial charge on any atom is -0.445 e. The first-order valence-electron chi connectivity index (χ1n) is 29.0. The van der Waals surface area contributed by atoms with E-state index in [2.05, 4.69) is 37.7 Å². The quantitative estimate of drug-likeness (QED) is 0.0510. The zero-order valence-corrected chi connectivity index (χ0v) is 49.8. The Bertz CT molecular complexity index is 3040. The average Bonchev–Trinajstić information content (AvgIpc) is 1.84. The van der Waals surface area contributed by atoms with E-state index in [1.54, 1.807) is 64.5 Å². The molecule has 29 nitrogen and oxygen atoms in total. The van der Waals surface area contributed by atoms with E-state index in [1.807, 2.05) is 11.0 Å². The number of likely N-dealkylation sites (N-methyl/N-ethyl adjacent to an activating group) is 2. The van der Waals surface area contributed by atoms with Crippen molar-refractivity contribution in [1.29, 1.82) is 5.26 Å². The number of fused-ring (bicyclic) bond motifs is 1. The molecule has 4 aliphatic rings. The van der Waals surface area contributed by atoms with Crippen LogP contribution in [-0.4, -0.2) is 235 Å². The molecule has 10 amide bonds. The number of hydrogen-bond donors (Lipinski definition) is 4. The van der Waals surface area contributed by atoms with E-state index in [1.165, 1.54) is 37.7 Å². The molecule has 1 spiro atoms. The number of ether oxygens (including phenoxy) is 5. The first kappa shape index (κ1) is 65.9. The van der Waals surface area contributed by atoms with E-state index in [0.29, 0.717) is 54.2 Å². The number of rotatable bonds is 31.